The highest BCUT2D eigenvalue weighted by atomic mass is 19.1. The van der Waals surface area contributed by atoms with Crippen LogP contribution in [0.1, 0.15) is 37.7 Å². The number of nitrogens with one attached hydrogen (secondary N) is 2. The lowest BCUT2D eigenvalue weighted by molar-refractivity contribution is -0.122. The molecule has 0 aliphatic carbocycles. The Morgan fingerprint density at radius 3 is 3.11 bits per heavy atom. The van der Waals surface area contributed by atoms with Crippen LogP contribution >= 0.6 is 0 Å². The lowest BCUT2D eigenvalue weighted by Crippen LogP contribution is -2.50. The number of halogens is 1. The molecule has 104 valence electrons. The monoisotopic (exact) mass is 264 g/mol. The molecule has 4 heteroatoms. The average Bonchev–Trinajstić information content (AvgIpc) is 2.39. The SMILES string of the molecule is CCCC(=O)NC1CNCCC1c1cccc(F)c1. The first-order valence-electron chi connectivity index (χ1n) is 6.96. The molecule has 1 heterocycles. The molecule has 1 saturated heterocycles. The maximum atomic E-state index is 13.3. The van der Waals surface area contributed by atoms with Crippen molar-refractivity contribution >= 4 is 5.91 Å². The second-order valence-corrected chi connectivity index (χ2v) is 5.08. The van der Waals surface area contributed by atoms with Crippen LogP contribution < -0.4 is 10.6 Å². The summed E-state index contributed by atoms with van der Waals surface area (Å²) in [5, 5.41) is 6.35. The van der Waals surface area contributed by atoms with E-state index in [0.29, 0.717) is 6.42 Å². The zero-order valence-electron chi connectivity index (χ0n) is 11.3. The summed E-state index contributed by atoms with van der Waals surface area (Å²) in [6.07, 6.45) is 2.31. The van der Waals surface area contributed by atoms with E-state index in [1.54, 1.807) is 12.1 Å². The van der Waals surface area contributed by atoms with Crippen molar-refractivity contribution in [1.29, 1.82) is 0 Å². The Hall–Kier alpha value is -1.42. The van der Waals surface area contributed by atoms with Gasteiger partial charge in [-0.15, -0.1) is 0 Å². The number of piperidine rings is 1. The van der Waals surface area contributed by atoms with Crippen LogP contribution in [0.25, 0.3) is 0 Å². The van der Waals surface area contributed by atoms with Gasteiger partial charge in [-0.05, 0) is 37.1 Å². The summed E-state index contributed by atoms with van der Waals surface area (Å²) in [4.78, 5) is 11.7. The van der Waals surface area contributed by atoms with E-state index in [-0.39, 0.29) is 23.7 Å². The zero-order chi connectivity index (χ0) is 13.7. The van der Waals surface area contributed by atoms with E-state index in [4.69, 9.17) is 0 Å². The van der Waals surface area contributed by atoms with E-state index < -0.39 is 0 Å². The molecule has 1 aromatic rings. The molecule has 1 amide bonds. The molecule has 0 radical (unpaired) electrons. The number of hydrogen-bond acceptors (Lipinski definition) is 2. The molecule has 1 aromatic carbocycles. The highest BCUT2D eigenvalue weighted by molar-refractivity contribution is 5.76. The number of amides is 1. The molecular formula is C15H21FN2O. The molecule has 1 aliphatic heterocycles. The third-order valence-corrected chi connectivity index (χ3v) is 3.58. The molecule has 3 nitrogen and oxygen atoms in total. The Balaban J connectivity index is 2.09. The van der Waals surface area contributed by atoms with Crippen LogP contribution in [0, 0.1) is 5.82 Å². The van der Waals surface area contributed by atoms with Crippen molar-refractivity contribution in [3.05, 3.63) is 35.6 Å². The minimum Gasteiger partial charge on any atom is -0.351 e. The summed E-state index contributed by atoms with van der Waals surface area (Å²) in [5.41, 5.74) is 0.975. The molecule has 0 saturated carbocycles. The van der Waals surface area contributed by atoms with Gasteiger partial charge in [0.05, 0.1) is 0 Å². The van der Waals surface area contributed by atoms with Gasteiger partial charge in [0.25, 0.3) is 0 Å². The molecule has 2 rings (SSSR count). The summed E-state index contributed by atoms with van der Waals surface area (Å²) in [7, 11) is 0. The maximum absolute atomic E-state index is 13.3. The first-order chi connectivity index (χ1) is 9.20. The minimum atomic E-state index is -0.213. The van der Waals surface area contributed by atoms with Crippen molar-refractivity contribution in [2.75, 3.05) is 13.1 Å². The summed E-state index contributed by atoms with van der Waals surface area (Å²) in [6, 6.07) is 6.76. The van der Waals surface area contributed by atoms with Gasteiger partial charge in [-0.1, -0.05) is 19.1 Å². The molecule has 2 atom stereocenters. The zero-order valence-corrected chi connectivity index (χ0v) is 11.3. The van der Waals surface area contributed by atoms with E-state index in [1.165, 1.54) is 6.07 Å². The predicted octanol–water partition coefficient (Wildman–Crippen LogP) is 2.19. The van der Waals surface area contributed by atoms with Crippen molar-refractivity contribution in [3.8, 4) is 0 Å². The maximum Gasteiger partial charge on any atom is 0.220 e. The van der Waals surface area contributed by atoms with E-state index in [2.05, 4.69) is 10.6 Å². The molecule has 19 heavy (non-hydrogen) atoms. The normalized spacial score (nSPS) is 23.1. The number of carbonyl (C=O) groups is 1. The molecule has 0 bridgehead atoms. The summed E-state index contributed by atoms with van der Waals surface area (Å²) >= 11 is 0. The van der Waals surface area contributed by atoms with Gasteiger partial charge in [0.1, 0.15) is 5.82 Å². The molecule has 0 aromatic heterocycles. The van der Waals surface area contributed by atoms with E-state index >= 15 is 0 Å². The number of rotatable bonds is 4. The van der Waals surface area contributed by atoms with Crippen LogP contribution in [0.5, 0.6) is 0 Å². The first-order valence-corrected chi connectivity index (χ1v) is 6.96. The van der Waals surface area contributed by atoms with E-state index in [1.807, 2.05) is 13.0 Å². The quantitative estimate of drug-likeness (QED) is 0.875. The molecular weight excluding hydrogens is 243 g/mol. The standard InChI is InChI=1S/C15H21FN2O/c1-2-4-15(19)18-14-10-17-8-7-13(14)11-5-3-6-12(16)9-11/h3,5-6,9,13-14,17H,2,4,7-8,10H2,1H3,(H,18,19). The largest absolute Gasteiger partial charge is 0.351 e. The van der Waals surface area contributed by atoms with E-state index in [9.17, 15) is 9.18 Å². The van der Waals surface area contributed by atoms with Gasteiger partial charge in [0, 0.05) is 24.9 Å². The summed E-state index contributed by atoms with van der Waals surface area (Å²) < 4.78 is 13.3. The Kier molecular flexibility index (Phi) is 4.91. The van der Waals surface area contributed by atoms with Gasteiger partial charge in [0.15, 0.2) is 0 Å². The van der Waals surface area contributed by atoms with Crippen molar-refractivity contribution in [3.63, 3.8) is 0 Å². The highest BCUT2D eigenvalue weighted by Crippen LogP contribution is 2.26. The van der Waals surface area contributed by atoms with Gasteiger partial charge in [-0.3, -0.25) is 4.79 Å². The van der Waals surface area contributed by atoms with Crippen molar-refractivity contribution in [1.82, 2.24) is 10.6 Å². The summed E-state index contributed by atoms with van der Waals surface area (Å²) in [5.74, 6) is 0.0602. The topological polar surface area (TPSA) is 41.1 Å². The third-order valence-electron chi connectivity index (χ3n) is 3.58. The Morgan fingerprint density at radius 2 is 2.37 bits per heavy atom. The van der Waals surface area contributed by atoms with Crippen LogP contribution in [0.15, 0.2) is 24.3 Å². The van der Waals surface area contributed by atoms with Gasteiger partial charge >= 0.3 is 0 Å². The number of hydrogen-bond donors (Lipinski definition) is 2. The van der Waals surface area contributed by atoms with Crippen LogP contribution in [0.4, 0.5) is 4.39 Å². The molecule has 0 spiro atoms. The summed E-state index contributed by atoms with van der Waals surface area (Å²) in [6.45, 7) is 3.64. The van der Waals surface area contributed by atoms with Crippen LogP contribution in [-0.2, 0) is 4.79 Å². The fourth-order valence-electron chi connectivity index (χ4n) is 2.65. The second kappa shape index (κ2) is 6.66. The van der Waals surface area contributed by atoms with Gasteiger partial charge in [-0.2, -0.15) is 0 Å². The lowest BCUT2D eigenvalue weighted by atomic mass is 9.86. The van der Waals surface area contributed by atoms with Crippen molar-refractivity contribution in [2.24, 2.45) is 0 Å². The van der Waals surface area contributed by atoms with Crippen molar-refractivity contribution in [2.45, 2.75) is 38.1 Å². The minimum absolute atomic E-state index is 0.0506. The fraction of sp³-hybridized carbons (Fsp3) is 0.533. The number of carbonyl (C=O) groups excluding carboxylic acids is 1. The van der Waals surface area contributed by atoms with E-state index in [0.717, 1.165) is 31.5 Å². The molecule has 2 unspecified atom stereocenters. The lowest BCUT2D eigenvalue weighted by Gasteiger charge is -2.33. The third kappa shape index (κ3) is 3.77. The average molecular weight is 264 g/mol. The van der Waals surface area contributed by atoms with Crippen LogP contribution in [0.3, 0.4) is 0 Å². The highest BCUT2D eigenvalue weighted by Gasteiger charge is 2.27. The fourth-order valence-corrected chi connectivity index (χ4v) is 2.65. The molecule has 1 aliphatic rings. The van der Waals surface area contributed by atoms with Crippen LogP contribution in [0.2, 0.25) is 0 Å². The number of benzene rings is 1. The predicted molar refractivity (Wildman–Crippen MR) is 73.5 cm³/mol. The Bertz CT molecular complexity index is 436. The van der Waals surface area contributed by atoms with Gasteiger partial charge in [0.2, 0.25) is 5.91 Å². The smallest absolute Gasteiger partial charge is 0.220 e. The van der Waals surface area contributed by atoms with Gasteiger partial charge in [-0.25, -0.2) is 4.39 Å². The molecule has 2 N–H and O–H groups in total. The van der Waals surface area contributed by atoms with Crippen LogP contribution in [-0.4, -0.2) is 25.0 Å². The first kappa shape index (κ1) is 14.0. The Morgan fingerprint density at radius 1 is 1.53 bits per heavy atom. The van der Waals surface area contributed by atoms with Crippen molar-refractivity contribution < 1.29 is 9.18 Å². The van der Waals surface area contributed by atoms with Gasteiger partial charge < -0.3 is 10.6 Å². The Labute approximate surface area is 113 Å². The second-order valence-electron chi connectivity index (χ2n) is 5.08. The molecule has 1 fully saturated rings.